The number of carbonyl (C=O) groups is 3. The zero-order chi connectivity index (χ0) is 15.0. The summed E-state index contributed by atoms with van der Waals surface area (Å²) in [6.45, 7) is 3.39. The summed E-state index contributed by atoms with van der Waals surface area (Å²) in [5.74, 6) is -2.32. The molecule has 0 radical (unpaired) electrons. The third-order valence-corrected chi connectivity index (χ3v) is 2.24. The van der Waals surface area contributed by atoms with E-state index in [0.29, 0.717) is 0 Å². The number of ether oxygens (including phenoxy) is 2. The Morgan fingerprint density at radius 3 is 2.25 bits per heavy atom. The fourth-order valence-corrected chi connectivity index (χ4v) is 1.38. The smallest absolute Gasteiger partial charge is 0.340 e. The molecule has 0 spiro atoms. The molecular weight excluding hydrogens is 264 g/mol. The number of carbonyl (C=O) groups excluding carboxylic acids is 3. The van der Waals surface area contributed by atoms with Crippen LogP contribution in [0.2, 0.25) is 0 Å². The average molecular weight is 280 g/mol. The van der Waals surface area contributed by atoms with Crippen LogP contribution in [0.3, 0.4) is 0 Å². The van der Waals surface area contributed by atoms with Crippen LogP contribution in [0.5, 0.6) is 0 Å². The Kier molecular flexibility index (Phi) is 6.15. The quantitative estimate of drug-likeness (QED) is 0.595. The highest BCUT2D eigenvalue weighted by Crippen LogP contribution is 2.00. The van der Waals surface area contributed by atoms with E-state index in [1.165, 1.54) is 18.5 Å². The lowest BCUT2D eigenvalue weighted by molar-refractivity contribution is -0.157. The zero-order valence-electron chi connectivity index (χ0n) is 11.3. The van der Waals surface area contributed by atoms with E-state index in [4.69, 9.17) is 9.47 Å². The number of hydrogen-bond acceptors (Lipinski definition) is 6. The summed E-state index contributed by atoms with van der Waals surface area (Å²) in [6, 6.07) is 1.59. The summed E-state index contributed by atoms with van der Waals surface area (Å²) in [5.41, 5.74) is 0.228. The molecule has 0 saturated carbocycles. The van der Waals surface area contributed by atoms with Gasteiger partial charge >= 0.3 is 11.9 Å². The Hall–Kier alpha value is -2.44. The molecular formula is C13H16N2O5. The molecule has 0 aromatic carbocycles. The molecule has 1 rings (SSSR count). The van der Waals surface area contributed by atoms with Crippen molar-refractivity contribution in [3.63, 3.8) is 0 Å². The van der Waals surface area contributed by atoms with E-state index in [2.05, 4.69) is 10.3 Å². The summed E-state index contributed by atoms with van der Waals surface area (Å²) < 4.78 is 9.48. The van der Waals surface area contributed by atoms with E-state index < -0.39 is 23.9 Å². The minimum Gasteiger partial charge on any atom is -0.464 e. The first-order valence-corrected chi connectivity index (χ1v) is 6.14. The molecule has 1 aromatic heterocycles. The lowest BCUT2D eigenvalue weighted by Gasteiger charge is -2.15. The van der Waals surface area contributed by atoms with E-state index >= 15 is 0 Å². The lowest BCUT2D eigenvalue weighted by atomic mass is 10.2. The molecule has 0 unspecified atom stereocenters. The number of nitrogens with one attached hydrogen (secondary N) is 1. The molecule has 0 aliphatic rings. The van der Waals surface area contributed by atoms with Crippen LogP contribution in [0.15, 0.2) is 24.5 Å². The molecule has 0 fully saturated rings. The van der Waals surface area contributed by atoms with Crippen molar-refractivity contribution < 1.29 is 23.9 Å². The first-order valence-electron chi connectivity index (χ1n) is 6.14. The van der Waals surface area contributed by atoms with Gasteiger partial charge in [0, 0.05) is 12.4 Å². The molecule has 1 N–H and O–H groups in total. The Morgan fingerprint density at radius 2 is 1.80 bits per heavy atom. The van der Waals surface area contributed by atoms with E-state index in [-0.39, 0.29) is 18.8 Å². The molecule has 0 aliphatic heterocycles. The molecule has 108 valence electrons. The van der Waals surface area contributed by atoms with E-state index in [1.807, 2.05) is 0 Å². The van der Waals surface area contributed by atoms with Gasteiger partial charge < -0.3 is 14.8 Å². The molecule has 0 atom stereocenters. The first kappa shape index (κ1) is 15.6. The number of aromatic nitrogens is 1. The molecule has 7 nitrogen and oxygen atoms in total. The van der Waals surface area contributed by atoms with Gasteiger partial charge in [0.05, 0.1) is 18.8 Å². The number of hydrogen-bond donors (Lipinski definition) is 1. The molecule has 0 bridgehead atoms. The number of nitrogens with zero attached hydrogens (tertiary/aromatic N) is 1. The van der Waals surface area contributed by atoms with Gasteiger partial charge in [-0.2, -0.15) is 0 Å². The predicted octanol–water partition coefficient (Wildman–Crippen LogP) is 0.306. The summed E-state index contributed by atoms with van der Waals surface area (Å²) in [7, 11) is 0. The monoisotopic (exact) mass is 280 g/mol. The highest BCUT2D eigenvalue weighted by Gasteiger charge is 2.31. The van der Waals surface area contributed by atoms with Gasteiger partial charge in [-0.1, -0.05) is 0 Å². The van der Waals surface area contributed by atoms with Gasteiger partial charge in [0.25, 0.3) is 5.91 Å². The third-order valence-electron chi connectivity index (χ3n) is 2.24. The van der Waals surface area contributed by atoms with Crippen LogP contribution in [0.4, 0.5) is 0 Å². The second kappa shape index (κ2) is 7.88. The Labute approximate surface area is 116 Å². The number of pyridine rings is 1. The zero-order valence-corrected chi connectivity index (χ0v) is 11.3. The van der Waals surface area contributed by atoms with E-state index in [9.17, 15) is 14.4 Å². The standard InChI is InChI=1S/C13H16N2O5/c1-3-19-12(17)10(13(18)20-4-2)15-11(16)9-6-5-7-14-8-9/h5-8,10H,3-4H2,1-2H3,(H,15,16). The second-order valence-electron chi connectivity index (χ2n) is 3.65. The number of rotatable bonds is 6. The first-order chi connectivity index (χ1) is 9.60. The van der Waals surface area contributed by atoms with Crippen molar-refractivity contribution >= 4 is 17.8 Å². The molecule has 0 saturated heterocycles. The van der Waals surface area contributed by atoms with Gasteiger partial charge in [-0.25, -0.2) is 9.59 Å². The fraction of sp³-hybridized carbons (Fsp3) is 0.385. The Balaban J connectivity index is 2.81. The minimum absolute atomic E-state index is 0.0947. The number of amides is 1. The van der Waals surface area contributed by atoms with Crippen LogP contribution >= 0.6 is 0 Å². The Morgan fingerprint density at radius 1 is 1.20 bits per heavy atom. The fourth-order valence-electron chi connectivity index (χ4n) is 1.38. The van der Waals surface area contributed by atoms with Crippen LogP contribution < -0.4 is 5.32 Å². The highest BCUT2D eigenvalue weighted by molar-refractivity contribution is 6.05. The minimum atomic E-state index is -1.48. The maximum atomic E-state index is 11.9. The van der Waals surface area contributed by atoms with Crippen LogP contribution in [0, 0.1) is 0 Å². The summed E-state index contributed by atoms with van der Waals surface area (Å²) in [4.78, 5) is 39.0. The maximum Gasteiger partial charge on any atom is 0.340 e. The molecule has 1 aromatic rings. The van der Waals surface area contributed by atoms with Crippen LogP contribution in [0.25, 0.3) is 0 Å². The van der Waals surface area contributed by atoms with Gasteiger partial charge in [0.2, 0.25) is 6.04 Å². The van der Waals surface area contributed by atoms with E-state index in [1.54, 1.807) is 19.9 Å². The summed E-state index contributed by atoms with van der Waals surface area (Å²) >= 11 is 0. The van der Waals surface area contributed by atoms with Crippen molar-refractivity contribution in [3.05, 3.63) is 30.1 Å². The average Bonchev–Trinajstić information content (AvgIpc) is 2.45. The maximum absolute atomic E-state index is 11.9. The molecule has 1 heterocycles. The van der Waals surface area contributed by atoms with Crippen molar-refractivity contribution in [1.29, 1.82) is 0 Å². The van der Waals surface area contributed by atoms with Gasteiger partial charge in [-0.05, 0) is 26.0 Å². The normalized spacial score (nSPS) is 9.95. The number of esters is 2. The van der Waals surface area contributed by atoms with Crippen molar-refractivity contribution in [2.45, 2.75) is 19.9 Å². The lowest BCUT2D eigenvalue weighted by Crippen LogP contribution is -2.48. The van der Waals surface area contributed by atoms with Gasteiger partial charge in [0.1, 0.15) is 0 Å². The Bertz CT molecular complexity index is 457. The molecule has 0 aliphatic carbocycles. The SMILES string of the molecule is CCOC(=O)C(NC(=O)c1cccnc1)C(=O)OCC. The van der Waals surface area contributed by atoms with Gasteiger partial charge in [0.15, 0.2) is 0 Å². The summed E-state index contributed by atoms with van der Waals surface area (Å²) in [6.07, 6.45) is 2.83. The topological polar surface area (TPSA) is 94.6 Å². The summed E-state index contributed by atoms with van der Waals surface area (Å²) in [5, 5.41) is 2.27. The predicted molar refractivity (Wildman–Crippen MR) is 68.8 cm³/mol. The molecule has 7 heteroatoms. The third kappa shape index (κ3) is 4.34. The molecule has 20 heavy (non-hydrogen) atoms. The van der Waals surface area contributed by atoms with Crippen molar-refractivity contribution in [2.24, 2.45) is 0 Å². The second-order valence-corrected chi connectivity index (χ2v) is 3.65. The largest absolute Gasteiger partial charge is 0.464 e. The van der Waals surface area contributed by atoms with Crippen molar-refractivity contribution in [3.8, 4) is 0 Å². The van der Waals surface area contributed by atoms with Crippen molar-refractivity contribution in [2.75, 3.05) is 13.2 Å². The molecule has 1 amide bonds. The van der Waals surface area contributed by atoms with Crippen molar-refractivity contribution in [1.82, 2.24) is 10.3 Å². The van der Waals surface area contributed by atoms with Gasteiger partial charge in [-0.15, -0.1) is 0 Å². The van der Waals surface area contributed by atoms with Crippen LogP contribution in [-0.4, -0.2) is 42.1 Å². The van der Waals surface area contributed by atoms with Crippen LogP contribution in [-0.2, 0) is 19.1 Å². The van der Waals surface area contributed by atoms with E-state index in [0.717, 1.165) is 0 Å². The van der Waals surface area contributed by atoms with Gasteiger partial charge in [-0.3, -0.25) is 9.78 Å². The van der Waals surface area contributed by atoms with Crippen LogP contribution in [0.1, 0.15) is 24.2 Å². The highest BCUT2D eigenvalue weighted by atomic mass is 16.6.